The first-order chi connectivity index (χ1) is 27.4. The lowest BCUT2D eigenvalue weighted by Gasteiger charge is -2.55. The number of carboxylic acids is 1. The Morgan fingerprint density at radius 1 is 0.881 bits per heavy atom. The van der Waals surface area contributed by atoms with E-state index in [1.807, 2.05) is 74.5 Å². The van der Waals surface area contributed by atoms with Crippen LogP contribution in [0.5, 0.6) is 0 Å². The Morgan fingerprint density at radius 3 is 2.12 bits per heavy atom. The summed E-state index contributed by atoms with van der Waals surface area (Å²) in [6, 6.07) is -0.628. The quantitative estimate of drug-likeness (QED) is 0.137. The van der Waals surface area contributed by atoms with E-state index < -0.39 is 82.2 Å². The van der Waals surface area contributed by atoms with E-state index in [0.717, 1.165) is 6.42 Å². The number of nitrogens with one attached hydrogen (secondary N) is 1. The van der Waals surface area contributed by atoms with Crippen LogP contribution in [0, 0.1) is 46.8 Å². The molecule has 0 aromatic heterocycles. The molecule has 0 aliphatic carbocycles. The monoisotopic (exact) mass is 834 g/mol. The summed E-state index contributed by atoms with van der Waals surface area (Å²) >= 11 is 0. The first kappa shape index (κ1) is 48.1. The molecule has 59 heavy (non-hydrogen) atoms. The Hall–Kier alpha value is -1.93. The normalized spacial score (nSPS) is 42.9. The molecular formula is C47H79NO11. The second kappa shape index (κ2) is 18.0. The predicted molar refractivity (Wildman–Crippen MR) is 224 cm³/mol. The number of ketones is 1. The highest BCUT2D eigenvalue weighted by Gasteiger charge is 2.63. The van der Waals surface area contributed by atoms with Gasteiger partial charge in [-0.05, 0) is 89.5 Å². The lowest BCUT2D eigenvalue weighted by atomic mass is 9.72. The highest BCUT2D eigenvalue weighted by molar-refractivity contribution is 5.84. The molecule has 0 unspecified atom stereocenters. The molecule has 5 aliphatic rings. The van der Waals surface area contributed by atoms with Gasteiger partial charge in [0.2, 0.25) is 5.91 Å². The number of carboxylic acid groups (broad SMARTS) is 1. The van der Waals surface area contributed by atoms with Gasteiger partial charge in [0.1, 0.15) is 11.8 Å². The molecule has 0 radical (unpaired) electrons. The number of hydrogen-bond donors (Lipinski definition) is 4. The van der Waals surface area contributed by atoms with E-state index in [4.69, 9.17) is 23.7 Å². The first-order valence-corrected chi connectivity index (χ1v) is 23.0. The van der Waals surface area contributed by atoms with E-state index in [9.17, 15) is 29.7 Å². The zero-order valence-electron chi connectivity index (χ0n) is 38.4. The number of amides is 1. The zero-order chi connectivity index (χ0) is 44.0. The summed E-state index contributed by atoms with van der Waals surface area (Å²) in [5.74, 6) is -6.01. The summed E-state index contributed by atoms with van der Waals surface area (Å²) in [7, 11) is 0. The van der Waals surface area contributed by atoms with Gasteiger partial charge in [0.15, 0.2) is 11.6 Å². The summed E-state index contributed by atoms with van der Waals surface area (Å²) in [5, 5.41) is 36.1. The van der Waals surface area contributed by atoms with Crippen molar-refractivity contribution in [3.63, 3.8) is 0 Å². The van der Waals surface area contributed by atoms with Gasteiger partial charge in [-0.1, -0.05) is 82.2 Å². The number of aliphatic hydroxyl groups excluding tert-OH is 1. The number of carbonyl (C=O) groups is 3. The van der Waals surface area contributed by atoms with Crippen LogP contribution in [0.15, 0.2) is 12.2 Å². The molecule has 0 saturated carbocycles. The van der Waals surface area contributed by atoms with Crippen molar-refractivity contribution >= 4 is 17.7 Å². The zero-order valence-corrected chi connectivity index (χ0v) is 38.4. The summed E-state index contributed by atoms with van der Waals surface area (Å²) < 4.78 is 34.5. The van der Waals surface area contributed by atoms with E-state index in [-0.39, 0.29) is 47.8 Å². The molecule has 5 rings (SSSR count). The van der Waals surface area contributed by atoms with Crippen molar-refractivity contribution in [3.05, 3.63) is 12.2 Å². The third-order valence-electron chi connectivity index (χ3n) is 15.4. The van der Waals surface area contributed by atoms with Gasteiger partial charge in [0, 0.05) is 35.5 Å². The van der Waals surface area contributed by atoms with Crippen LogP contribution in [0.25, 0.3) is 0 Å². The summed E-state index contributed by atoms with van der Waals surface area (Å²) in [6.07, 6.45) is 6.75. The highest BCUT2D eigenvalue weighted by Crippen LogP contribution is 2.54. The van der Waals surface area contributed by atoms with Gasteiger partial charge in [-0.15, -0.1) is 0 Å². The van der Waals surface area contributed by atoms with Crippen molar-refractivity contribution in [2.75, 3.05) is 0 Å². The second-order valence-electron chi connectivity index (χ2n) is 20.7. The molecule has 1 amide bonds. The number of aliphatic carboxylic acids is 1. The third kappa shape index (κ3) is 9.40. The Labute approximate surface area is 354 Å². The molecule has 12 heteroatoms. The van der Waals surface area contributed by atoms with Crippen molar-refractivity contribution in [1.82, 2.24) is 5.32 Å². The maximum absolute atomic E-state index is 14.6. The summed E-state index contributed by atoms with van der Waals surface area (Å²) in [5.41, 5.74) is -2.35. The Kier molecular flexibility index (Phi) is 14.7. The molecule has 5 aliphatic heterocycles. The van der Waals surface area contributed by atoms with Gasteiger partial charge in [0.25, 0.3) is 0 Å². The van der Waals surface area contributed by atoms with E-state index in [2.05, 4.69) is 26.1 Å². The fourth-order valence-corrected chi connectivity index (χ4v) is 11.0. The fourth-order valence-electron chi connectivity index (χ4n) is 11.0. The minimum Gasteiger partial charge on any atom is -0.481 e. The van der Waals surface area contributed by atoms with Crippen LogP contribution in [-0.2, 0) is 38.1 Å². The van der Waals surface area contributed by atoms with Crippen LogP contribution in [-0.4, -0.2) is 98.4 Å². The van der Waals surface area contributed by atoms with Crippen molar-refractivity contribution in [1.29, 1.82) is 0 Å². The van der Waals surface area contributed by atoms with E-state index in [1.165, 1.54) is 0 Å². The van der Waals surface area contributed by atoms with Crippen molar-refractivity contribution < 1.29 is 53.4 Å². The predicted octanol–water partition coefficient (Wildman–Crippen LogP) is 7.36. The molecule has 2 spiro atoms. The van der Waals surface area contributed by atoms with Gasteiger partial charge in [-0.25, -0.2) is 0 Å². The Morgan fingerprint density at radius 2 is 1.54 bits per heavy atom. The Balaban J connectivity index is 1.40. The number of ether oxygens (including phenoxy) is 5. The summed E-state index contributed by atoms with van der Waals surface area (Å²) in [4.78, 5) is 40.2. The molecule has 0 aromatic rings. The molecular weight excluding hydrogens is 755 g/mol. The standard InChI is InChI=1S/C47H79NO11/c1-14-32(41(51)52)34-18-17-26(4)39(56-34)30(8)37(49)29(7)38(50)33(15-2)40-27(5)25-28(6)46(57-40)22-19-35(48-42(53)43(10,11)12)47(59-46)24-23-44(13,58-47)36-20-21-45(54,16-3)31(9)55-36/h19,22,26-37,39-40,49,54H,14-18,20-21,23-25H2,1-13H3,(H,48,53)(H,51,52)/t26-,27-,28+,29-,30-,31-,32+,33-,34+,35+,36+,37+,39+,40-,44-,45+,46-,47-/m0/s1. The number of carbonyl (C=O) groups excluding carboxylic acids is 2. The molecule has 5 heterocycles. The number of aliphatic hydroxyl groups is 2. The van der Waals surface area contributed by atoms with Crippen LogP contribution in [0.3, 0.4) is 0 Å². The van der Waals surface area contributed by atoms with Crippen LogP contribution < -0.4 is 5.32 Å². The third-order valence-corrected chi connectivity index (χ3v) is 15.4. The maximum atomic E-state index is 14.6. The fraction of sp³-hybridized carbons (Fsp3) is 0.894. The van der Waals surface area contributed by atoms with Crippen molar-refractivity contribution in [2.24, 2.45) is 46.8 Å². The van der Waals surface area contributed by atoms with Gasteiger partial charge in [0.05, 0.1) is 53.7 Å². The van der Waals surface area contributed by atoms with Crippen LogP contribution >= 0.6 is 0 Å². The Bertz CT molecular complexity index is 1530. The number of Topliss-reactive ketones (excluding diaryl/α,β-unsaturated/α-hetero) is 1. The second-order valence-corrected chi connectivity index (χ2v) is 20.7. The van der Waals surface area contributed by atoms with Gasteiger partial charge in [-0.3, -0.25) is 14.4 Å². The first-order valence-electron chi connectivity index (χ1n) is 23.0. The molecule has 0 aromatic carbocycles. The summed E-state index contributed by atoms with van der Waals surface area (Å²) in [6.45, 7) is 25.3. The number of hydrogen-bond acceptors (Lipinski definition) is 10. The van der Waals surface area contributed by atoms with Gasteiger partial charge in [-0.2, -0.15) is 0 Å². The lowest BCUT2D eigenvalue weighted by Crippen LogP contribution is -2.66. The molecule has 4 N–H and O–H groups in total. The lowest BCUT2D eigenvalue weighted by molar-refractivity contribution is -0.398. The van der Waals surface area contributed by atoms with Crippen LogP contribution in [0.4, 0.5) is 0 Å². The molecule has 4 saturated heterocycles. The SMILES string of the molecule is CC[C@@H](C(=O)[C@@H](C)[C@@H](O)[C@H](C)[C@@H]1O[C@@H]([C@@H](CC)C(=O)O)CC[C@@H]1C)[C@H]1O[C@]2(C=C[C@@H](NC(=O)C(C)(C)C)[C@]3(CC[C@@](C)([C@H]4CC[C@](O)(CC)[C@H](C)O4)O3)O2)[C@H](C)C[C@@H]1C. The largest absolute Gasteiger partial charge is 0.481 e. The molecule has 338 valence electrons. The minimum absolute atomic E-state index is 0.00813. The average Bonchev–Trinajstić information content (AvgIpc) is 3.52. The molecule has 4 fully saturated rings. The van der Waals surface area contributed by atoms with Crippen LogP contribution in [0.2, 0.25) is 0 Å². The van der Waals surface area contributed by atoms with Crippen LogP contribution in [0.1, 0.15) is 154 Å². The smallest absolute Gasteiger partial charge is 0.309 e. The molecule has 0 bridgehead atoms. The van der Waals surface area contributed by atoms with Gasteiger partial charge >= 0.3 is 5.97 Å². The van der Waals surface area contributed by atoms with Crippen molar-refractivity contribution in [2.45, 2.75) is 220 Å². The van der Waals surface area contributed by atoms with Gasteiger partial charge < -0.3 is 44.3 Å². The minimum atomic E-state index is -1.30. The molecule has 18 atom stereocenters. The molecule has 12 nitrogen and oxygen atoms in total. The van der Waals surface area contributed by atoms with E-state index in [1.54, 1.807) is 6.92 Å². The maximum Gasteiger partial charge on any atom is 0.309 e. The topological polar surface area (TPSA) is 170 Å². The van der Waals surface area contributed by atoms with E-state index >= 15 is 0 Å². The van der Waals surface area contributed by atoms with Crippen molar-refractivity contribution in [3.8, 4) is 0 Å². The highest BCUT2D eigenvalue weighted by atomic mass is 16.8. The van der Waals surface area contributed by atoms with E-state index in [0.29, 0.717) is 57.8 Å². The average molecular weight is 834 g/mol. The number of rotatable bonds is 13.